The molecule has 1 aromatic heterocycles. The Balaban J connectivity index is 1.49. The molecule has 3 rings (SSSR count). The van der Waals surface area contributed by atoms with Crippen molar-refractivity contribution in [3.8, 4) is 10.6 Å². The highest BCUT2D eigenvalue weighted by Crippen LogP contribution is 2.24. The number of piperazine rings is 1. The fourth-order valence-corrected chi connectivity index (χ4v) is 4.19. The Kier molecular flexibility index (Phi) is 8.01. The Morgan fingerprint density at radius 3 is 2.61 bits per heavy atom. The molecule has 6 heteroatoms. The van der Waals surface area contributed by atoms with Crippen molar-refractivity contribution in [1.82, 2.24) is 20.1 Å². The minimum atomic E-state index is 0.0653. The predicted molar refractivity (Wildman–Crippen MR) is 117 cm³/mol. The van der Waals surface area contributed by atoms with Crippen molar-refractivity contribution in [3.63, 3.8) is 0 Å². The summed E-state index contributed by atoms with van der Waals surface area (Å²) in [5.74, 6) is 0.0653. The van der Waals surface area contributed by atoms with Crippen LogP contribution in [0, 0.1) is 0 Å². The Labute approximate surface area is 172 Å². The normalized spacial score (nSPS) is 15.6. The highest BCUT2D eigenvalue weighted by molar-refractivity contribution is 7.13. The van der Waals surface area contributed by atoms with Crippen molar-refractivity contribution < 1.29 is 4.79 Å². The van der Waals surface area contributed by atoms with E-state index in [0.717, 1.165) is 68.4 Å². The SMILES string of the molecule is CCCCCNC(=O)Cc1csc(-c2ccc(CN3CCN(C)CC3)cc2)n1. The first kappa shape index (κ1) is 21.0. The summed E-state index contributed by atoms with van der Waals surface area (Å²) in [6.07, 6.45) is 3.74. The lowest BCUT2D eigenvalue weighted by Crippen LogP contribution is -2.43. The zero-order chi connectivity index (χ0) is 19.8. The number of nitrogens with one attached hydrogen (secondary N) is 1. The second-order valence-corrected chi connectivity index (χ2v) is 8.51. The Morgan fingerprint density at radius 2 is 1.89 bits per heavy atom. The maximum Gasteiger partial charge on any atom is 0.226 e. The largest absolute Gasteiger partial charge is 0.356 e. The molecule has 1 amide bonds. The number of benzene rings is 1. The zero-order valence-corrected chi connectivity index (χ0v) is 17.9. The Bertz CT molecular complexity index is 735. The van der Waals surface area contributed by atoms with E-state index in [-0.39, 0.29) is 5.91 Å². The van der Waals surface area contributed by atoms with Crippen molar-refractivity contribution in [1.29, 1.82) is 0 Å². The van der Waals surface area contributed by atoms with Crippen LogP contribution in [0.4, 0.5) is 0 Å². The molecule has 2 heterocycles. The summed E-state index contributed by atoms with van der Waals surface area (Å²) in [6, 6.07) is 8.71. The summed E-state index contributed by atoms with van der Waals surface area (Å²) < 4.78 is 0. The van der Waals surface area contributed by atoms with E-state index in [4.69, 9.17) is 0 Å². The third-order valence-electron chi connectivity index (χ3n) is 5.20. The van der Waals surface area contributed by atoms with Gasteiger partial charge in [0.25, 0.3) is 0 Å². The number of hydrogen-bond acceptors (Lipinski definition) is 5. The molecule has 1 fully saturated rings. The van der Waals surface area contributed by atoms with Gasteiger partial charge < -0.3 is 10.2 Å². The predicted octanol–water partition coefficient (Wildman–Crippen LogP) is 3.41. The second-order valence-electron chi connectivity index (χ2n) is 7.65. The van der Waals surface area contributed by atoms with E-state index in [9.17, 15) is 4.79 Å². The third-order valence-corrected chi connectivity index (χ3v) is 6.14. The molecular weight excluding hydrogens is 368 g/mol. The fraction of sp³-hybridized carbons (Fsp3) is 0.545. The van der Waals surface area contributed by atoms with Crippen LogP contribution in [0.25, 0.3) is 10.6 Å². The highest BCUT2D eigenvalue weighted by Gasteiger charge is 2.14. The average Bonchev–Trinajstić information content (AvgIpc) is 3.16. The lowest BCUT2D eigenvalue weighted by molar-refractivity contribution is -0.120. The molecular formula is C22H32N4OS. The van der Waals surface area contributed by atoms with Gasteiger partial charge in [-0.1, -0.05) is 44.0 Å². The van der Waals surface area contributed by atoms with Crippen LogP contribution in [-0.4, -0.2) is 60.5 Å². The van der Waals surface area contributed by atoms with Crippen LogP contribution in [0.3, 0.4) is 0 Å². The number of unbranched alkanes of at least 4 members (excludes halogenated alkanes) is 2. The first-order valence-electron chi connectivity index (χ1n) is 10.4. The summed E-state index contributed by atoms with van der Waals surface area (Å²) in [5, 5.41) is 5.97. The number of likely N-dealkylation sites (N-methyl/N-ethyl adjacent to an activating group) is 1. The van der Waals surface area contributed by atoms with Crippen molar-refractivity contribution in [3.05, 3.63) is 40.9 Å². The van der Waals surface area contributed by atoms with Gasteiger partial charge in [-0.15, -0.1) is 11.3 Å². The fourth-order valence-electron chi connectivity index (χ4n) is 3.37. The van der Waals surface area contributed by atoms with Gasteiger partial charge in [0.2, 0.25) is 5.91 Å². The quantitative estimate of drug-likeness (QED) is 0.656. The molecule has 0 atom stereocenters. The van der Waals surface area contributed by atoms with Gasteiger partial charge in [0.15, 0.2) is 0 Å². The number of hydrogen-bond donors (Lipinski definition) is 1. The van der Waals surface area contributed by atoms with Gasteiger partial charge in [-0.3, -0.25) is 9.69 Å². The summed E-state index contributed by atoms with van der Waals surface area (Å²) in [6.45, 7) is 8.49. The van der Waals surface area contributed by atoms with Crippen LogP contribution in [-0.2, 0) is 17.8 Å². The summed E-state index contributed by atoms with van der Waals surface area (Å²) in [7, 11) is 2.19. The molecule has 0 unspecified atom stereocenters. The molecule has 0 spiro atoms. The molecule has 0 saturated carbocycles. The number of amides is 1. The number of thiazole rings is 1. The van der Waals surface area contributed by atoms with Crippen LogP contribution in [0.15, 0.2) is 29.6 Å². The molecule has 2 aromatic rings. The summed E-state index contributed by atoms with van der Waals surface area (Å²) in [4.78, 5) is 21.6. The topological polar surface area (TPSA) is 48.5 Å². The van der Waals surface area contributed by atoms with E-state index in [1.54, 1.807) is 11.3 Å². The average molecular weight is 401 g/mol. The van der Waals surface area contributed by atoms with Gasteiger partial charge in [0.05, 0.1) is 12.1 Å². The molecule has 1 aliphatic heterocycles. The van der Waals surface area contributed by atoms with E-state index in [2.05, 4.69) is 58.3 Å². The number of rotatable bonds is 9. The van der Waals surface area contributed by atoms with Crippen LogP contribution < -0.4 is 5.32 Å². The van der Waals surface area contributed by atoms with E-state index in [1.165, 1.54) is 12.0 Å². The first-order valence-corrected chi connectivity index (χ1v) is 11.2. The lowest BCUT2D eigenvalue weighted by Gasteiger charge is -2.32. The Hall–Kier alpha value is -1.76. The van der Waals surface area contributed by atoms with E-state index in [0.29, 0.717) is 6.42 Å². The maximum absolute atomic E-state index is 12.0. The van der Waals surface area contributed by atoms with Crippen LogP contribution in [0.2, 0.25) is 0 Å². The van der Waals surface area contributed by atoms with Crippen molar-refractivity contribution in [2.75, 3.05) is 39.8 Å². The lowest BCUT2D eigenvalue weighted by atomic mass is 10.1. The van der Waals surface area contributed by atoms with Crippen molar-refractivity contribution >= 4 is 17.2 Å². The molecule has 0 bridgehead atoms. The van der Waals surface area contributed by atoms with Gasteiger partial charge in [0.1, 0.15) is 5.01 Å². The first-order chi connectivity index (χ1) is 13.6. The standard InChI is InChI=1S/C22H32N4OS/c1-3-4-5-10-23-21(27)15-20-17-28-22(24-20)19-8-6-18(7-9-19)16-26-13-11-25(2)12-14-26/h6-9,17H,3-5,10-16H2,1-2H3,(H,23,27). The van der Waals surface area contributed by atoms with Crippen LogP contribution in [0.5, 0.6) is 0 Å². The van der Waals surface area contributed by atoms with Gasteiger partial charge in [0, 0.05) is 50.2 Å². The monoisotopic (exact) mass is 400 g/mol. The molecule has 28 heavy (non-hydrogen) atoms. The minimum Gasteiger partial charge on any atom is -0.356 e. The smallest absolute Gasteiger partial charge is 0.226 e. The van der Waals surface area contributed by atoms with Crippen LogP contribution in [0.1, 0.15) is 37.4 Å². The van der Waals surface area contributed by atoms with Crippen LogP contribution >= 0.6 is 11.3 Å². The molecule has 1 aliphatic rings. The molecule has 0 aliphatic carbocycles. The van der Waals surface area contributed by atoms with Gasteiger partial charge >= 0.3 is 0 Å². The Morgan fingerprint density at radius 1 is 1.14 bits per heavy atom. The molecule has 1 saturated heterocycles. The molecule has 5 nitrogen and oxygen atoms in total. The van der Waals surface area contributed by atoms with E-state index in [1.807, 2.05) is 5.38 Å². The van der Waals surface area contributed by atoms with Crippen molar-refractivity contribution in [2.45, 2.75) is 39.2 Å². The maximum atomic E-state index is 12.0. The van der Waals surface area contributed by atoms with E-state index < -0.39 is 0 Å². The van der Waals surface area contributed by atoms with Gasteiger partial charge in [-0.2, -0.15) is 0 Å². The highest BCUT2D eigenvalue weighted by atomic mass is 32.1. The van der Waals surface area contributed by atoms with Gasteiger partial charge in [-0.05, 0) is 19.0 Å². The van der Waals surface area contributed by atoms with Gasteiger partial charge in [-0.25, -0.2) is 4.98 Å². The summed E-state index contributed by atoms with van der Waals surface area (Å²) >= 11 is 1.61. The van der Waals surface area contributed by atoms with E-state index >= 15 is 0 Å². The molecule has 0 radical (unpaired) electrons. The molecule has 152 valence electrons. The number of aromatic nitrogens is 1. The molecule has 1 aromatic carbocycles. The molecule has 1 N–H and O–H groups in total. The third kappa shape index (κ3) is 6.40. The number of nitrogens with zero attached hydrogens (tertiary/aromatic N) is 3. The second kappa shape index (κ2) is 10.7. The number of carbonyl (C=O) groups is 1. The summed E-state index contributed by atoms with van der Waals surface area (Å²) in [5.41, 5.74) is 3.33. The minimum absolute atomic E-state index is 0.0653. The zero-order valence-electron chi connectivity index (χ0n) is 17.1. The van der Waals surface area contributed by atoms with Crippen molar-refractivity contribution in [2.24, 2.45) is 0 Å². The number of carbonyl (C=O) groups excluding carboxylic acids is 1.